The Labute approximate surface area is 280 Å². The van der Waals surface area contributed by atoms with E-state index in [2.05, 4.69) is 10.3 Å². The zero-order valence-corrected chi connectivity index (χ0v) is 27.8. The number of fused-ring (bicyclic) bond motifs is 1. The van der Waals surface area contributed by atoms with E-state index >= 15 is 0 Å². The minimum atomic E-state index is -1.09. The van der Waals surface area contributed by atoms with Crippen LogP contribution in [-0.2, 0) is 33.6 Å². The molecule has 0 spiro atoms. The summed E-state index contributed by atoms with van der Waals surface area (Å²) >= 11 is 0. The van der Waals surface area contributed by atoms with Crippen LogP contribution in [-0.4, -0.2) is 70.8 Å². The van der Waals surface area contributed by atoms with E-state index in [1.165, 1.54) is 29.0 Å². The van der Waals surface area contributed by atoms with Crippen molar-refractivity contribution in [2.75, 3.05) is 20.6 Å². The molecule has 2 atom stereocenters. The molecule has 3 amide bonds. The second kappa shape index (κ2) is 16.2. The van der Waals surface area contributed by atoms with Crippen LogP contribution in [0.4, 0.5) is 8.78 Å². The standard InChI is InChI=1S/C38H43F2N5O3/c1-38(2,41)18-7-10-35(46)44(3)34(25-27-11-13-29-8-5-6-9-30(29)22-27)37(48)45(4)33(24-28-12-14-31(39)32(40)23-28)36(47)43-21-17-26-15-19-42-20-16-26/h5-16,19-20,22-23,33-34H,17-18,21,24-25,41H2,1-4H3,(H,43,47)/t33-,34-/m1/s1. The molecule has 0 saturated carbocycles. The molecule has 4 aromatic rings. The molecule has 3 N–H and O–H groups in total. The van der Waals surface area contributed by atoms with Crippen LogP contribution in [0.3, 0.4) is 0 Å². The average Bonchev–Trinajstić information content (AvgIpc) is 3.06. The quantitative estimate of drug-likeness (QED) is 0.186. The van der Waals surface area contributed by atoms with E-state index in [-0.39, 0.29) is 19.4 Å². The fourth-order valence-corrected chi connectivity index (χ4v) is 5.39. The third-order valence-electron chi connectivity index (χ3n) is 8.24. The molecule has 0 unspecified atom stereocenters. The van der Waals surface area contributed by atoms with Gasteiger partial charge in [-0.25, -0.2) is 8.78 Å². The highest BCUT2D eigenvalue weighted by atomic mass is 19.2. The van der Waals surface area contributed by atoms with Gasteiger partial charge in [0.1, 0.15) is 12.1 Å². The Morgan fingerprint density at radius 1 is 0.833 bits per heavy atom. The second-order valence-electron chi connectivity index (χ2n) is 12.8. The summed E-state index contributed by atoms with van der Waals surface area (Å²) in [4.78, 5) is 48.2. The number of carbonyl (C=O) groups is 3. The van der Waals surface area contributed by atoms with Crippen molar-refractivity contribution < 1.29 is 23.2 Å². The summed E-state index contributed by atoms with van der Waals surface area (Å²) < 4.78 is 28.0. The van der Waals surface area contributed by atoms with Gasteiger partial charge in [0, 0.05) is 51.4 Å². The first-order valence-electron chi connectivity index (χ1n) is 15.9. The molecule has 0 radical (unpaired) electrons. The van der Waals surface area contributed by atoms with Crippen LogP contribution in [0.5, 0.6) is 0 Å². The van der Waals surface area contributed by atoms with Crippen LogP contribution < -0.4 is 11.1 Å². The lowest BCUT2D eigenvalue weighted by Crippen LogP contribution is -2.56. The predicted molar refractivity (Wildman–Crippen MR) is 184 cm³/mol. The van der Waals surface area contributed by atoms with Gasteiger partial charge in [-0.15, -0.1) is 0 Å². The Bertz CT molecular complexity index is 1760. The van der Waals surface area contributed by atoms with E-state index in [1.54, 1.807) is 25.5 Å². The number of rotatable bonds is 14. The van der Waals surface area contributed by atoms with Gasteiger partial charge in [0.15, 0.2) is 11.6 Å². The summed E-state index contributed by atoms with van der Waals surface area (Å²) in [5.41, 5.74) is 7.69. The Morgan fingerprint density at radius 2 is 1.48 bits per heavy atom. The molecule has 3 aromatic carbocycles. The van der Waals surface area contributed by atoms with Gasteiger partial charge in [-0.2, -0.15) is 0 Å². The Kier molecular flexibility index (Phi) is 12.1. The van der Waals surface area contributed by atoms with E-state index in [4.69, 9.17) is 5.73 Å². The van der Waals surface area contributed by atoms with E-state index in [1.807, 2.05) is 68.4 Å². The molecule has 252 valence electrons. The number of aromatic nitrogens is 1. The maximum Gasteiger partial charge on any atom is 0.246 e. The summed E-state index contributed by atoms with van der Waals surface area (Å²) in [5.74, 6) is -3.41. The predicted octanol–water partition coefficient (Wildman–Crippen LogP) is 4.99. The zero-order valence-electron chi connectivity index (χ0n) is 27.8. The van der Waals surface area contributed by atoms with E-state index in [0.717, 1.165) is 34.0 Å². The van der Waals surface area contributed by atoms with Crippen molar-refractivity contribution in [2.24, 2.45) is 5.73 Å². The summed E-state index contributed by atoms with van der Waals surface area (Å²) in [6, 6.07) is 18.7. The normalized spacial score (nSPS) is 12.9. The number of likely N-dealkylation sites (N-methyl/N-ethyl adjacent to an activating group) is 2. The van der Waals surface area contributed by atoms with Gasteiger partial charge >= 0.3 is 0 Å². The largest absolute Gasteiger partial charge is 0.354 e. The van der Waals surface area contributed by atoms with Crippen LogP contribution in [0.2, 0.25) is 0 Å². The lowest BCUT2D eigenvalue weighted by molar-refractivity contribution is -0.146. The van der Waals surface area contributed by atoms with Crippen molar-refractivity contribution in [2.45, 2.75) is 57.2 Å². The molecule has 0 bridgehead atoms. The molecule has 10 heteroatoms. The molecule has 0 saturated heterocycles. The number of benzene rings is 3. The highest BCUT2D eigenvalue weighted by molar-refractivity contribution is 5.95. The van der Waals surface area contributed by atoms with Crippen LogP contribution in [0.15, 0.2) is 97.3 Å². The number of hydrogen-bond donors (Lipinski definition) is 2. The van der Waals surface area contributed by atoms with E-state index < -0.39 is 47.0 Å². The van der Waals surface area contributed by atoms with Crippen molar-refractivity contribution in [3.8, 4) is 0 Å². The highest BCUT2D eigenvalue weighted by Gasteiger charge is 2.35. The summed E-state index contributed by atoms with van der Waals surface area (Å²) in [7, 11) is 3.05. The third-order valence-corrected chi connectivity index (χ3v) is 8.24. The fraction of sp³-hybridized carbons (Fsp3) is 0.316. The Balaban J connectivity index is 1.64. The fourth-order valence-electron chi connectivity index (χ4n) is 5.39. The zero-order chi connectivity index (χ0) is 34.8. The SMILES string of the molecule is CN(C(=O)C=CCC(C)(C)N)[C@H](Cc1ccc2ccccc2c1)C(=O)N(C)[C@H](Cc1ccc(F)c(F)c1)C(=O)NCCc1ccncc1. The maximum absolute atomic E-state index is 14.4. The van der Waals surface area contributed by atoms with Crippen molar-refractivity contribution in [3.63, 3.8) is 0 Å². The number of pyridine rings is 1. The highest BCUT2D eigenvalue weighted by Crippen LogP contribution is 2.21. The molecule has 4 rings (SSSR count). The second-order valence-corrected chi connectivity index (χ2v) is 12.8. The summed E-state index contributed by atoms with van der Waals surface area (Å²) in [6.45, 7) is 3.98. The number of nitrogens with one attached hydrogen (secondary N) is 1. The number of nitrogens with zero attached hydrogens (tertiary/aromatic N) is 3. The van der Waals surface area contributed by atoms with Crippen molar-refractivity contribution in [1.82, 2.24) is 20.1 Å². The summed E-state index contributed by atoms with van der Waals surface area (Å²) in [5, 5.41) is 4.91. The molecular formula is C38H43F2N5O3. The first-order chi connectivity index (χ1) is 22.8. The van der Waals surface area contributed by atoms with Gasteiger partial charge in [-0.05, 0) is 84.5 Å². The van der Waals surface area contributed by atoms with Crippen LogP contribution in [0.25, 0.3) is 10.8 Å². The average molecular weight is 656 g/mol. The molecule has 0 aliphatic heterocycles. The first-order valence-corrected chi connectivity index (χ1v) is 15.9. The molecular weight excluding hydrogens is 612 g/mol. The monoisotopic (exact) mass is 655 g/mol. The van der Waals surface area contributed by atoms with Crippen molar-refractivity contribution >= 4 is 28.5 Å². The Morgan fingerprint density at radius 3 is 2.17 bits per heavy atom. The lowest BCUT2D eigenvalue weighted by Gasteiger charge is -2.34. The van der Waals surface area contributed by atoms with Gasteiger partial charge in [0.2, 0.25) is 17.7 Å². The number of amides is 3. The number of hydrogen-bond acceptors (Lipinski definition) is 5. The molecule has 1 aromatic heterocycles. The smallest absolute Gasteiger partial charge is 0.246 e. The Hall–Kier alpha value is -4.96. The molecule has 1 heterocycles. The van der Waals surface area contributed by atoms with Crippen molar-refractivity contribution in [3.05, 3.63) is 126 Å². The van der Waals surface area contributed by atoms with Gasteiger partial charge in [-0.1, -0.05) is 54.6 Å². The molecule has 48 heavy (non-hydrogen) atoms. The molecule has 0 aliphatic carbocycles. The minimum Gasteiger partial charge on any atom is -0.354 e. The number of nitrogens with two attached hydrogens (primary N) is 1. The topological polar surface area (TPSA) is 109 Å². The minimum absolute atomic E-state index is 0.0770. The lowest BCUT2D eigenvalue weighted by atomic mass is 9.98. The van der Waals surface area contributed by atoms with E-state index in [0.29, 0.717) is 18.4 Å². The third kappa shape index (κ3) is 10.0. The molecule has 0 aliphatic rings. The van der Waals surface area contributed by atoms with Crippen molar-refractivity contribution in [1.29, 1.82) is 0 Å². The first kappa shape index (κ1) is 35.9. The van der Waals surface area contributed by atoms with E-state index in [9.17, 15) is 23.2 Å². The molecule has 8 nitrogen and oxygen atoms in total. The van der Waals surface area contributed by atoms with Gasteiger partial charge < -0.3 is 20.9 Å². The summed E-state index contributed by atoms with van der Waals surface area (Å²) in [6.07, 6.45) is 7.48. The maximum atomic E-state index is 14.4. The van der Waals surface area contributed by atoms with Gasteiger partial charge in [-0.3, -0.25) is 19.4 Å². The molecule has 0 fully saturated rings. The van der Waals surface area contributed by atoms with Crippen LogP contribution in [0.1, 0.15) is 37.0 Å². The van der Waals surface area contributed by atoms with Crippen LogP contribution >= 0.6 is 0 Å². The number of carbonyl (C=O) groups excluding carboxylic acids is 3. The number of halogens is 2. The van der Waals surface area contributed by atoms with Crippen LogP contribution in [0, 0.1) is 11.6 Å². The van der Waals surface area contributed by atoms with Gasteiger partial charge in [0.25, 0.3) is 0 Å². The van der Waals surface area contributed by atoms with Gasteiger partial charge in [0.05, 0.1) is 0 Å².